The fourth-order valence-corrected chi connectivity index (χ4v) is 5.87. The second-order valence-corrected chi connectivity index (χ2v) is 10.4. The first-order chi connectivity index (χ1) is 15.9. The van der Waals surface area contributed by atoms with E-state index in [2.05, 4.69) is 0 Å². The smallest absolute Gasteiger partial charge is 0.267 e. The van der Waals surface area contributed by atoms with Gasteiger partial charge in [-0.2, -0.15) is 0 Å². The van der Waals surface area contributed by atoms with E-state index in [4.69, 9.17) is 13.9 Å². The van der Waals surface area contributed by atoms with Crippen LogP contribution in [0.4, 0.5) is 4.39 Å². The molecule has 0 aliphatic carbocycles. The van der Waals surface area contributed by atoms with E-state index < -0.39 is 22.0 Å². The summed E-state index contributed by atoms with van der Waals surface area (Å²) in [6, 6.07) is 16.0. The summed E-state index contributed by atoms with van der Waals surface area (Å²) in [4.78, 5) is 15.0. The molecule has 0 unspecified atom stereocenters. The van der Waals surface area contributed by atoms with Gasteiger partial charge in [0.15, 0.2) is 21.3 Å². The molecule has 5 rings (SSSR count). The Morgan fingerprint density at radius 3 is 2.52 bits per heavy atom. The molecule has 3 heterocycles. The molecule has 2 atom stereocenters. The van der Waals surface area contributed by atoms with Gasteiger partial charge < -0.3 is 18.8 Å². The van der Waals surface area contributed by atoms with Gasteiger partial charge in [0, 0.05) is 11.6 Å². The predicted molar refractivity (Wildman–Crippen MR) is 118 cm³/mol. The summed E-state index contributed by atoms with van der Waals surface area (Å²) in [7, 11) is -3.22. The predicted octanol–water partition coefficient (Wildman–Crippen LogP) is 3.44. The molecule has 1 fully saturated rings. The summed E-state index contributed by atoms with van der Waals surface area (Å²) < 4.78 is 55.0. The van der Waals surface area contributed by atoms with Crippen molar-refractivity contribution < 1.29 is 31.5 Å². The minimum absolute atomic E-state index is 0.0325. The van der Waals surface area contributed by atoms with Gasteiger partial charge in [-0.05, 0) is 55.0 Å². The van der Waals surface area contributed by atoms with E-state index in [0.717, 1.165) is 0 Å². The van der Waals surface area contributed by atoms with Gasteiger partial charge in [0.05, 0.1) is 18.1 Å². The maximum atomic E-state index is 13.5. The number of benzene rings is 2. The van der Waals surface area contributed by atoms with Gasteiger partial charge in [-0.15, -0.1) is 0 Å². The summed E-state index contributed by atoms with van der Waals surface area (Å²) in [6.45, 7) is 0.118. The molecule has 0 bridgehead atoms. The summed E-state index contributed by atoms with van der Waals surface area (Å²) in [5, 5.41) is 0. The second-order valence-electron chi connectivity index (χ2n) is 8.16. The Bertz CT molecular complexity index is 1270. The Balaban J connectivity index is 1.39. The molecule has 0 spiro atoms. The van der Waals surface area contributed by atoms with E-state index >= 15 is 0 Å². The molecule has 2 aromatic carbocycles. The highest BCUT2D eigenvalue weighted by atomic mass is 32.2. The van der Waals surface area contributed by atoms with E-state index in [1.165, 1.54) is 17.0 Å². The highest BCUT2D eigenvalue weighted by Crippen LogP contribution is 2.32. The van der Waals surface area contributed by atoms with Gasteiger partial charge in [-0.1, -0.05) is 12.1 Å². The Kier molecular flexibility index (Phi) is 5.57. The number of fused-ring (bicyclic) bond motifs is 1. The monoisotopic (exact) mass is 471 g/mol. The zero-order chi connectivity index (χ0) is 23.0. The molecule has 0 radical (unpaired) electrons. The first kappa shape index (κ1) is 21.5. The number of furan rings is 1. The number of carbonyl (C=O) groups excluding carboxylic acids is 1. The van der Waals surface area contributed by atoms with Crippen molar-refractivity contribution in [2.24, 2.45) is 0 Å². The molecule has 1 aromatic heterocycles. The van der Waals surface area contributed by atoms with Crippen molar-refractivity contribution in [2.75, 3.05) is 18.1 Å². The van der Waals surface area contributed by atoms with E-state index in [0.29, 0.717) is 35.0 Å². The van der Waals surface area contributed by atoms with Crippen LogP contribution in [0.5, 0.6) is 11.5 Å². The number of halogens is 1. The lowest BCUT2D eigenvalue weighted by atomic mass is 10.1. The lowest BCUT2D eigenvalue weighted by Crippen LogP contribution is -2.50. The summed E-state index contributed by atoms with van der Waals surface area (Å²) in [6.07, 6.45) is -0.543. The number of nitrogens with zero attached hydrogens (tertiary/aromatic N) is 1. The van der Waals surface area contributed by atoms with E-state index in [9.17, 15) is 17.6 Å². The van der Waals surface area contributed by atoms with Crippen molar-refractivity contribution in [2.45, 2.75) is 25.1 Å². The maximum absolute atomic E-state index is 13.5. The minimum atomic E-state index is -3.22. The Hall–Kier alpha value is -3.33. The topological polar surface area (TPSA) is 86.1 Å². The van der Waals surface area contributed by atoms with Crippen molar-refractivity contribution >= 4 is 15.7 Å². The number of ether oxygens (including phenoxy) is 2. The van der Waals surface area contributed by atoms with Gasteiger partial charge in [0.2, 0.25) is 6.10 Å². The molecule has 3 aromatic rings. The fourth-order valence-electron chi connectivity index (χ4n) is 4.13. The molecular weight excluding hydrogens is 449 g/mol. The van der Waals surface area contributed by atoms with E-state index in [-0.39, 0.29) is 36.4 Å². The van der Waals surface area contributed by atoms with Gasteiger partial charge in [-0.25, -0.2) is 12.8 Å². The number of amides is 1. The van der Waals surface area contributed by atoms with Crippen LogP contribution in [0.1, 0.15) is 12.2 Å². The van der Waals surface area contributed by atoms with Crippen LogP contribution in [0.3, 0.4) is 0 Å². The zero-order valence-corrected chi connectivity index (χ0v) is 18.5. The second kappa shape index (κ2) is 8.55. The van der Waals surface area contributed by atoms with Crippen LogP contribution in [0.2, 0.25) is 0 Å². The van der Waals surface area contributed by atoms with Crippen LogP contribution in [0, 0.1) is 5.82 Å². The van der Waals surface area contributed by atoms with Crippen LogP contribution in [0.15, 0.2) is 65.1 Å². The first-order valence-corrected chi connectivity index (χ1v) is 12.4. The number of rotatable bonds is 5. The lowest BCUT2D eigenvalue weighted by Gasteiger charge is -2.33. The van der Waals surface area contributed by atoms with Crippen LogP contribution in [-0.2, 0) is 21.2 Å². The molecule has 0 saturated carbocycles. The van der Waals surface area contributed by atoms with Crippen LogP contribution in [-0.4, -0.2) is 49.5 Å². The summed E-state index contributed by atoms with van der Waals surface area (Å²) >= 11 is 0. The Morgan fingerprint density at radius 1 is 1.03 bits per heavy atom. The Labute approximate surface area is 190 Å². The van der Waals surface area contributed by atoms with Crippen LogP contribution < -0.4 is 9.47 Å². The maximum Gasteiger partial charge on any atom is 0.267 e. The molecule has 2 aliphatic heterocycles. The van der Waals surface area contributed by atoms with E-state index in [1.54, 1.807) is 42.5 Å². The molecule has 172 valence electrons. The van der Waals surface area contributed by atoms with Gasteiger partial charge in [0.25, 0.3) is 5.91 Å². The third-order valence-electron chi connectivity index (χ3n) is 5.83. The van der Waals surface area contributed by atoms with Gasteiger partial charge in [0.1, 0.15) is 23.9 Å². The largest absolute Gasteiger partial charge is 0.485 e. The number of sulfone groups is 1. The average molecular weight is 472 g/mol. The number of carbonyl (C=O) groups is 1. The first-order valence-electron chi connectivity index (χ1n) is 10.6. The van der Waals surface area contributed by atoms with Crippen molar-refractivity contribution in [1.82, 2.24) is 4.90 Å². The zero-order valence-electron chi connectivity index (χ0n) is 17.6. The molecule has 2 aliphatic rings. The fraction of sp³-hybridized carbons (Fsp3) is 0.292. The standard InChI is InChI=1S/C24H22FNO6S/c25-17-7-5-16(6-8-17)20-10-9-19(31-20)13-26(18-11-12-33(28,29)15-18)24(27)23-14-30-21-3-1-2-4-22(21)32-23/h1-10,18,23H,11-15H2/t18-,23-/m0/s1. The average Bonchev–Trinajstić information content (AvgIpc) is 3.43. The quantitative estimate of drug-likeness (QED) is 0.567. The molecule has 9 heteroatoms. The highest BCUT2D eigenvalue weighted by molar-refractivity contribution is 7.91. The van der Waals surface area contributed by atoms with E-state index in [1.807, 2.05) is 6.07 Å². The van der Waals surface area contributed by atoms with Gasteiger partial charge in [-0.3, -0.25) is 4.79 Å². The van der Waals surface area contributed by atoms with Crippen molar-refractivity contribution in [3.8, 4) is 22.8 Å². The third kappa shape index (κ3) is 4.59. The Morgan fingerprint density at radius 2 is 1.79 bits per heavy atom. The lowest BCUT2D eigenvalue weighted by molar-refractivity contribution is -0.144. The minimum Gasteiger partial charge on any atom is -0.485 e. The van der Waals surface area contributed by atoms with Crippen LogP contribution >= 0.6 is 0 Å². The number of hydrogen-bond donors (Lipinski definition) is 0. The summed E-state index contributed by atoms with van der Waals surface area (Å²) in [5.74, 6) is 1.28. The molecule has 0 N–H and O–H groups in total. The molecular formula is C24H22FNO6S. The van der Waals surface area contributed by atoms with Crippen molar-refractivity contribution in [1.29, 1.82) is 0 Å². The van der Waals surface area contributed by atoms with Crippen molar-refractivity contribution in [3.05, 3.63) is 72.2 Å². The van der Waals surface area contributed by atoms with Crippen LogP contribution in [0.25, 0.3) is 11.3 Å². The normalized spacial score (nSPS) is 21.0. The number of hydrogen-bond acceptors (Lipinski definition) is 6. The summed E-state index contributed by atoms with van der Waals surface area (Å²) in [5.41, 5.74) is 0.699. The highest BCUT2D eigenvalue weighted by Gasteiger charge is 2.39. The molecule has 33 heavy (non-hydrogen) atoms. The molecule has 7 nitrogen and oxygen atoms in total. The molecule has 1 saturated heterocycles. The third-order valence-corrected chi connectivity index (χ3v) is 7.58. The number of para-hydroxylation sites is 2. The molecule has 1 amide bonds. The van der Waals surface area contributed by atoms with Crippen molar-refractivity contribution in [3.63, 3.8) is 0 Å². The SMILES string of the molecule is O=C([C@@H]1COc2ccccc2O1)N(Cc1ccc(-c2ccc(F)cc2)o1)[C@H]1CCS(=O)(=O)C1. The van der Waals surface area contributed by atoms with Gasteiger partial charge >= 0.3 is 0 Å².